The predicted octanol–water partition coefficient (Wildman–Crippen LogP) is 1.01. The minimum atomic E-state index is -0.0326. The van der Waals surface area contributed by atoms with Gasteiger partial charge in [-0.3, -0.25) is 0 Å². The third kappa shape index (κ3) is 3.57. The van der Waals surface area contributed by atoms with Crippen molar-refractivity contribution >= 4 is 17.3 Å². The SMILES string of the molecule is COCC(C)NC(=S)N1CCOCC1(C)C. The lowest BCUT2D eigenvalue weighted by Crippen LogP contribution is -2.59. The van der Waals surface area contributed by atoms with E-state index < -0.39 is 0 Å². The van der Waals surface area contributed by atoms with Crippen LogP contribution in [0.5, 0.6) is 0 Å². The Morgan fingerprint density at radius 3 is 2.88 bits per heavy atom. The second kappa shape index (κ2) is 5.80. The number of hydrogen-bond acceptors (Lipinski definition) is 3. The molecule has 1 saturated heterocycles. The average Bonchev–Trinajstić information content (AvgIpc) is 2.16. The average molecular weight is 246 g/mol. The molecule has 0 aromatic heterocycles. The van der Waals surface area contributed by atoms with E-state index in [4.69, 9.17) is 21.7 Å². The van der Waals surface area contributed by atoms with Crippen LogP contribution in [0.25, 0.3) is 0 Å². The Balaban J connectivity index is 2.51. The summed E-state index contributed by atoms with van der Waals surface area (Å²) in [6.07, 6.45) is 0. The summed E-state index contributed by atoms with van der Waals surface area (Å²) in [7, 11) is 1.69. The molecule has 0 aromatic carbocycles. The van der Waals surface area contributed by atoms with Crippen molar-refractivity contribution in [2.75, 3.05) is 33.5 Å². The highest BCUT2D eigenvalue weighted by atomic mass is 32.1. The first-order chi connectivity index (χ1) is 7.47. The van der Waals surface area contributed by atoms with Crippen LogP contribution in [0.4, 0.5) is 0 Å². The van der Waals surface area contributed by atoms with Gasteiger partial charge in [0.05, 0.1) is 25.4 Å². The predicted molar refractivity (Wildman–Crippen MR) is 68.7 cm³/mol. The Bertz CT molecular complexity index is 246. The van der Waals surface area contributed by atoms with Crippen LogP contribution in [-0.4, -0.2) is 55.1 Å². The Labute approximate surface area is 103 Å². The molecule has 1 heterocycles. The van der Waals surface area contributed by atoms with Crippen LogP contribution in [0.15, 0.2) is 0 Å². The van der Waals surface area contributed by atoms with Crippen LogP contribution in [0, 0.1) is 0 Å². The fourth-order valence-corrected chi connectivity index (χ4v) is 2.35. The smallest absolute Gasteiger partial charge is 0.169 e. The summed E-state index contributed by atoms with van der Waals surface area (Å²) in [5.74, 6) is 0. The van der Waals surface area contributed by atoms with Gasteiger partial charge in [0.25, 0.3) is 0 Å². The van der Waals surface area contributed by atoms with Crippen LogP contribution < -0.4 is 5.32 Å². The van der Waals surface area contributed by atoms with Gasteiger partial charge in [0, 0.05) is 19.7 Å². The van der Waals surface area contributed by atoms with Crippen LogP contribution in [0.2, 0.25) is 0 Å². The molecule has 0 bridgehead atoms. The molecule has 1 rings (SSSR count). The number of hydrogen-bond donors (Lipinski definition) is 1. The summed E-state index contributed by atoms with van der Waals surface area (Å²) in [6, 6.07) is 0.233. The summed E-state index contributed by atoms with van der Waals surface area (Å²) >= 11 is 5.42. The van der Waals surface area contributed by atoms with Gasteiger partial charge < -0.3 is 19.7 Å². The maximum Gasteiger partial charge on any atom is 0.169 e. The molecule has 0 radical (unpaired) electrons. The fraction of sp³-hybridized carbons (Fsp3) is 0.909. The number of rotatable bonds is 3. The van der Waals surface area contributed by atoms with Gasteiger partial charge in [-0.05, 0) is 33.0 Å². The van der Waals surface area contributed by atoms with Crippen molar-refractivity contribution < 1.29 is 9.47 Å². The molecule has 0 aliphatic carbocycles. The summed E-state index contributed by atoms with van der Waals surface area (Å²) in [4.78, 5) is 2.19. The van der Waals surface area contributed by atoms with E-state index in [1.165, 1.54) is 0 Å². The zero-order valence-corrected chi connectivity index (χ0v) is 11.4. The molecule has 1 unspecified atom stereocenters. The highest BCUT2D eigenvalue weighted by Gasteiger charge is 2.32. The summed E-state index contributed by atoms with van der Waals surface area (Å²) in [5, 5.41) is 4.07. The molecule has 0 spiro atoms. The quantitative estimate of drug-likeness (QED) is 0.752. The van der Waals surface area contributed by atoms with Crippen molar-refractivity contribution in [2.45, 2.75) is 32.4 Å². The molecule has 94 valence electrons. The normalized spacial score (nSPS) is 21.6. The number of ether oxygens (including phenoxy) is 2. The van der Waals surface area contributed by atoms with Crippen LogP contribution in [0.1, 0.15) is 20.8 Å². The largest absolute Gasteiger partial charge is 0.383 e. The third-order valence-electron chi connectivity index (χ3n) is 2.68. The van der Waals surface area contributed by atoms with Gasteiger partial charge in [-0.25, -0.2) is 0 Å². The van der Waals surface area contributed by atoms with Crippen molar-refractivity contribution in [3.63, 3.8) is 0 Å². The van der Waals surface area contributed by atoms with E-state index in [0.717, 1.165) is 18.3 Å². The second-order valence-electron chi connectivity index (χ2n) is 4.82. The monoisotopic (exact) mass is 246 g/mol. The second-order valence-corrected chi connectivity index (χ2v) is 5.21. The van der Waals surface area contributed by atoms with E-state index in [9.17, 15) is 0 Å². The van der Waals surface area contributed by atoms with E-state index >= 15 is 0 Å². The van der Waals surface area contributed by atoms with Gasteiger partial charge >= 0.3 is 0 Å². The number of methoxy groups -OCH3 is 1. The number of nitrogens with zero attached hydrogens (tertiary/aromatic N) is 1. The molecule has 1 aliphatic heterocycles. The van der Waals surface area contributed by atoms with Gasteiger partial charge in [0.2, 0.25) is 0 Å². The lowest BCUT2D eigenvalue weighted by atomic mass is 10.0. The van der Waals surface area contributed by atoms with Crippen LogP contribution in [-0.2, 0) is 9.47 Å². The van der Waals surface area contributed by atoms with Crippen molar-refractivity contribution in [1.82, 2.24) is 10.2 Å². The van der Waals surface area contributed by atoms with Crippen molar-refractivity contribution in [3.8, 4) is 0 Å². The van der Waals surface area contributed by atoms with Crippen molar-refractivity contribution in [1.29, 1.82) is 0 Å². The Morgan fingerprint density at radius 1 is 1.62 bits per heavy atom. The first-order valence-corrected chi connectivity index (χ1v) is 6.03. The Morgan fingerprint density at radius 2 is 2.31 bits per heavy atom. The molecule has 0 saturated carbocycles. The van der Waals surface area contributed by atoms with Crippen LogP contribution in [0.3, 0.4) is 0 Å². The molecule has 16 heavy (non-hydrogen) atoms. The third-order valence-corrected chi connectivity index (χ3v) is 3.02. The minimum absolute atomic E-state index is 0.0326. The fourth-order valence-electron chi connectivity index (χ4n) is 1.82. The minimum Gasteiger partial charge on any atom is -0.383 e. The molecular formula is C11H22N2O2S. The highest BCUT2D eigenvalue weighted by molar-refractivity contribution is 7.80. The lowest BCUT2D eigenvalue weighted by molar-refractivity contribution is -0.0157. The molecular weight excluding hydrogens is 224 g/mol. The number of morpholine rings is 1. The molecule has 5 heteroatoms. The van der Waals surface area contributed by atoms with Crippen molar-refractivity contribution in [3.05, 3.63) is 0 Å². The van der Waals surface area contributed by atoms with E-state index in [1.807, 2.05) is 0 Å². The van der Waals surface area contributed by atoms with E-state index in [0.29, 0.717) is 13.2 Å². The van der Waals surface area contributed by atoms with Gasteiger partial charge in [-0.15, -0.1) is 0 Å². The van der Waals surface area contributed by atoms with E-state index in [1.54, 1.807) is 7.11 Å². The molecule has 0 aromatic rings. The highest BCUT2D eigenvalue weighted by Crippen LogP contribution is 2.18. The van der Waals surface area contributed by atoms with Gasteiger partial charge in [-0.2, -0.15) is 0 Å². The topological polar surface area (TPSA) is 33.7 Å². The molecule has 1 N–H and O–H groups in total. The number of thiocarbonyl (C=S) groups is 1. The maximum atomic E-state index is 5.46. The lowest BCUT2D eigenvalue weighted by Gasteiger charge is -2.44. The van der Waals surface area contributed by atoms with Crippen LogP contribution >= 0.6 is 12.2 Å². The first-order valence-electron chi connectivity index (χ1n) is 5.62. The molecule has 1 aliphatic rings. The summed E-state index contributed by atoms with van der Waals surface area (Å²) in [6.45, 7) is 9.30. The standard InChI is InChI=1S/C11H22N2O2S/c1-9(7-14-4)12-10(16)13-5-6-15-8-11(13,2)3/h9H,5-8H2,1-4H3,(H,12,16). The van der Waals surface area contributed by atoms with Gasteiger partial charge in [0.1, 0.15) is 0 Å². The zero-order valence-electron chi connectivity index (χ0n) is 10.6. The number of nitrogens with one attached hydrogen (secondary N) is 1. The van der Waals surface area contributed by atoms with Crippen molar-refractivity contribution in [2.24, 2.45) is 0 Å². The van der Waals surface area contributed by atoms with E-state index in [-0.39, 0.29) is 11.6 Å². The van der Waals surface area contributed by atoms with Gasteiger partial charge in [-0.1, -0.05) is 0 Å². The Hall–Kier alpha value is -0.390. The molecule has 0 amide bonds. The molecule has 4 nitrogen and oxygen atoms in total. The zero-order chi connectivity index (χ0) is 12.2. The Kier molecular flexibility index (Phi) is 4.95. The molecule has 1 fully saturated rings. The van der Waals surface area contributed by atoms with E-state index in [2.05, 4.69) is 31.0 Å². The first kappa shape index (κ1) is 13.7. The molecule has 1 atom stereocenters. The maximum absolute atomic E-state index is 5.46. The summed E-state index contributed by atoms with van der Waals surface area (Å²) in [5.41, 5.74) is -0.0326. The van der Waals surface area contributed by atoms with Gasteiger partial charge in [0.15, 0.2) is 5.11 Å². The summed E-state index contributed by atoms with van der Waals surface area (Å²) < 4.78 is 10.5.